The quantitative estimate of drug-likeness (QED) is 0.0723. The van der Waals surface area contributed by atoms with Crippen molar-refractivity contribution in [1.82, 2.24) is 24.8 Å². The molecule has 1 unspecified atom stereocenters. The number of carbonyl (C=O) groups excluding carboxylic acids is 1. The number of aromatic amines is 1. The van der Waals surface area contributed by atoms with Crippen LogP contribution in [0.3, 0.4) is 0 Å². The molecular formula is C40H64N8O11. The van der Waals surface area contributed by atoms with Crippen molar-refractivity contribution in [2.75, 3.05) is 162 Å². The number of anilines is 2. The molecule has 2 aliphatic heterocycles. The van der Waals surface area contributed by atoms with Gasteiger partial charge in [-0.05, 0) is 30.5 Å². The molecule has 0 aliphatic carbocycles. The third-order valence-corrected chi connectivity index (χ3v) is 9.71. The molecule has 19 nitrogen and oxygen atoms in total. The van der Waals surface area contributed by atoms with Crippen LogP contribution in [0, 0.1) is 0 Å². The lowest BCUT2D eigenvalue weighted by molar-refractivity contribution is -0.133. The molecule has 0 bridgehead atoms. The first-order chi connectivity index (χ1) is 29.2. The van der Waals surface area contributed by atoms with E-state index in [4.69, 9.17) is 58.8 Å². The van der Waals surface area contributed by atoms with Crippen LogP contribution in [0.1, 0.15) is 36.4 Å². The number of nitrogens with zero attached hydrogens (tertiary/aromatic N) is 5. The van der Waals surface area contributed by atoms with Gasteiger partial charge in [-0.2, -0.15) is 0 Å². The van der Waals surface area contributed by atoms with E-state index in [-0.39, 0.29) is 18.0 Å². The van der Waals surface area contributed by atoms with Gasteiger partial charge >= 0.3 is 0 Å². The first kappa shape index (κ1) is 46.5. The number of rotatable bonds is 34. The van der Waals surface area contributed by atoms with Crippen LogP contribution in [0.25, 0.3) is 11.0 Å². The van der Waals surface area contributed by atoms with E-state index in [9.17, 15) is 4.79 Å². The number of H-pyrrole nitrogens is 1. The van der Waals surface area contributed by atoms with Crippen LogP contribution in [0.2, 0.25) is 0 Å². The molecule has 330 valence electrons. The number of pyridine rings is 1. The summed E-state index contributed by atoms with van der Waals surface area (Å²) in [7, 11) is 0. The van der Waals surface area contributed by atoms with Gasteiger partial charge < -0.3 is 73.6 Å². The average molecular weight is 833 g/mol. The normalized spacial score (nSPS) is 15.6. The minimum atomic E-state index is -0.0678. The fraction of sp³-hybridized carbons (Fsp3) is 0.700. The van der Waals surface area contributed by atoms with Crippen LogP contribution < -0.4 is 16.4 Å². The van der Waals surface area contributed by atoms with E-state index in [1.54, 1.807) is 0 Å². The van der Waals surface area contributed by atoms with E-state index in [2.05, 4.69) is 30.9 Å². The van der Waals surface area contributed by atoms with Gasteiger partial charge in [0, 0.05) is 43.5 Å². The summed E-state index contributed by atoms with van der Waals surface area (Å²) in [5.41, 5.74) is 14.5. The molecule has 3 aromatic heterocycles. The third-order valence-electron chi connectivity index (χ3n) is 9.71. The van der Waals surface area contributed by atoms with E-state index < -0.39 is 0 Å². The number of hydrogen-bond donors (Lipinski definition) is 3. The predicted octanol–water partition coefficient (Wildman–Crippen LogP) is 1.35. The van der Waals surface area contributed by atoms with E-state index in [0.29, 0.717) is 164 Å². The minimum Gasteiger partial charge on any atom is -0.383 e. The van der Waals surface area contributed by atoms with Gasteiger partial charge in [0.25, 0.3) is 0 Å². The molecule has 2 aliphatic rings. The van der Waals surface area contributed by atoms with Crippen LogP contribution in [0.4, 0.5) is 11.6 Å². The molecule has 5 heterocycles. The molecule has 5 N–H and O–H groups in total. The predicted molar refractivity (Wildman–Crippen MR) is 218 cm³/mol. The highest BCUT2D eigenvalue weighted by Crippen LogP contribution is 2.50. The van der Waals surface area contributed by atoms with Crippen LogP contribution in [0.15, 0.2) is 30.9 Å². The second-order valence-electron chi connectivity index (χ2n) is 13.8. The Labute approximate surface area is 346 Å². The number of amides is 1. The maximum Gasteiger partial charge on any atom is 0.224 e. The van der Waals surface area contributed by atoms with Crippen LogP contribution in [-0.2, 0) is 52.2 Å². The molecule has 1 atom stereocenters. The summed E-state index contributed by atoms with van der Waals surface area (Å²) in [6, 6.07) is 4.31. The van der Waals surface area contributed by atoms with Crippen molar-refractivity contribution in [2.24, 2.45) is 5.73 Å². The van der Waals surface area contributed by atoms with Gasteiger partial charge in [0.15, 0.2) is 0 Å². The standard InChI is InChI=1S/C40H64N8O11/c41-5-10-51-12-14-53-16-18-55-20-22-57-24-26-59-28-27-58-25-23-56-21-19-54-17-15-52-13-11-50-9-4-35(49)47-7-2-34(3-8-47)48-37(36-38(42)45-31-46-40(36)48)33-29-32-1-6-43-39(32)44-30-33/h1,6,29-31,34,37H,2-5,7-28,41H2,(H,43,44)(H2,42,45,46). The topological polar surface area (TPSA) is 222 Å². The fourth-order valence-electron chi connectivity index (χ4n) is 6.76. The Kier molecular flexibility index (Phi) is 22.1. The summed E-state index contributed by atoms with van der Waals surface area (Å²) >= 11 is 0. The Bertz CT molecular complexity index is 1580. The highest BCUT2D eigenvalue weighted by atomic mass is 16.6. The SMILES string of the molecule is NCCOCCOCCOCCOCCOCCOCCOCCOCCOCCOCCC(=O)N1CCC(N2c3ncnc(N)c3C2c2cnc3[nH]ccc3c2)CC1. The summed E-state index contributed by atoms with van der Waals surface area (Å²) < 4.78 is 54.8. The number of fused-ring (bicyclic) bond motifs is 2. The summed E-state index contributed by atoms with van der Waals surface area (Å²) in [6.45, 7) is 11.6. The van der Waals surface area contributed by atoms with Gasteiger partial charge in [-0.15, -0.1) is 0 Å². The van der Waals surface area contributed by atoms with Crippen LogP contribution in [0.5, 0.6) is 0 Å². The van der Waals surface area contributed by atoms with Gasteiger partial charge in [-0.1, -0.05) is 0 Å². The van der Waals surface area contributed by atoms with E-state index in [1.807, 2.05) is 23.4 Å². The molecule has 0 radical (unpaired) electrons. The maximum absolute atomic E-state index is 12.9. The first-order valence-corrected chi connectivity index (χ1v) is 20.7. The number of nitrogens with two attached hydrogens (primary N) is 2. The Morgan fingerprint density at radius 2 is 1.14 bits per heavy atom. The zero-order valence-corrected chi connectivity index (χ0v) is 34.3. The molecule has 0 spiro atoms. The lowest BCUT2D eigenvalue weighted by Crippen LogP contribution is -2.53. The number of carbonyl (C=O) groups is 1. The molecule has 0 aromatic carbocycles. The van der Waals surface area contributed by atoms with Crippen molar-refractivity contribution < 1.29 is 52.2 Å². The monoisotopic (exact) mass is 832 g/mol. The summed E-state index contributed by atoms with van der Waals surface area (Å²) in [5.74, 6) is 1.46. The van der Waals surface area contributed by atoms with Gasteiger partial charge in [-0.3, -0.25) is 4.79 Å². The van der Waals surface area contributed by atoms with Crippen molar-refractivity contribution in [3.05, 3.63) is 42.0 Å². The highest BCUT2D eigenvalue weighted by Gasteiger charge is 2.44. The van der Waals surface area contributed by atoms with E-state index >= 15 is 0 Å². The molecule has 0 saturated carbocycles. The summed E-state index contributed by atoms with van der Waals surface area (Å²) in [4.78, 5) is 33.8. The van der Waals surface area contributed by atoms with Crippen molar-refractivity contribution >= 4 is 28.6 Å². The van der Waals surface area contributed by atoms with Crippen molar-refractivity contribution in [2.45, 2.75) is 31.3 Å². The van der Waals surface area contributed by atoms with Crippen molar-refractivity contribution in [1.29, 1.82) is 0 Å². The molecule has 5 rings (SSSR count). The number of nitrogen functional groups attached to an aromatic ring is 1. The number of ether oxygens (including phenoxy) is 10. The molecule has 1 saturated heterocycles. The zero-order valence-electron chi connectivity index (χ0n) is 34.3. The molecule has 1 amide bonds. The molecule has 59 heavy (non-hydrogen) atoms. The average Bonchev–Trinajstić information content (AvgIpc) is 3.72. The van der Waals surface area contributed by atoms with Gasteiger partial charge in [0.1, 0.15) is 23.6 Å². The number of piperidine rings is 1. The number of hydrogen-bond acceptors (Lipinski definition) is 17. The molecular weight excluding hydrogens is 768 g/mol. The van der Waals surface area contributed by atoms with E-state index in [0.717, 1.165) is 40.8 Å². The lowest BCUT2D eigenvalue weighted by Gasteiger charge is -2.50. The van der Waals surface area contributed by atoms with Crippen LogP contribution in [-0.4, -0.2) is 189 Å². The number of likely N-dealkylation sites (tertiary alicyclic amines) is 1. The number of aromatic nitrogens is 4. The van der Waals surface area contributed by atoms with Crippen molar-refractivity contribution in [3.8, 4) is 0 Å². The highest BCUT2D eigenvalue weighted by molar-refractivity contribution is 5.79. The van der Waals surface area contributed by atoms with Crippen molar-refractivity contribution in [3.63, 3.8) is 0 Å². The fourth-order valence-corrected chi connectivity index (χ4v) is 6.76. The second-order valence-corrected chi connectivity index (χ2v) is 13.8. The van der Waals surface area contributed by atoms with Crippen LogP contribution >= 0.6 is 0 Å². The smallest absolute Gasteiger partial charge is 0.224 e. The second kappa shape index (κ2) is 28.0. The Balaban J connectivity index is 0.761. The largest absolute Gasteiger partial charge is 0.383 e. The Morgan fingerprint density at radius 3 is 1.63 bits per heavy atom. The molecule has 1 fully saturated rings. The summed E-state index contributed by atoms with van der Waals surface area (Å²) in [5, 5.41) is 1.04. The Morgan fingerprint density at radius 1 is 0.661 bits per heavy atom. The first-order valence-electron chi connectivity index (χ1n) is 20.7. The number of nitrogens with one attached hydrogen (secondary N) is 1. The lowest BCUT2D eigenvalue weighted by atomic mass is 9.86. The minimum absolute atomic E-state index is 0.0678. The third kappa shape index (κ3) is 16.1. The maximum atomic E-state index is 12.9. The van der Waals surface area contributed by atoms with E-state index in [1.165, 1.54) is 6.33 Å². The van der Waals surface area contributed by atoms with Gasteiger partial charge in [0.2, 0.25) is 5.91 Å². The zero-order chi connectivity index (χ0) is 41.2. The summed E-state index contributed by atoms with van der Waals surface area (Å²) in [6.07, 6.45) is 7.30. The molecule has 3 aromatic rings. The van der Waals surface area contributed by atoms with Gasteiger partial charge in [0.05, 0.1) is 150 Å². The van der Waals surface area contributed by atoms with Gasteiger partial charge in [-0.25, -0.2) is 15.0 Å². The Hall–Kier alpha value is -3.60. The molecule has 19 heteroatoms.